The largest absolute Gasteiger partial charge is 0.306 e. The van der Waals surface area contributed by atoms with E-state index < -0.39 is 0 Å². The second-order valence-corrected chi connectivity index (χ2v) is 6.04. The highest BCUT2D eigenvalue weighted by molar-refractivity contribution is 6.06. The molecule has 0 bridgehead atoms. The number of carbonyl (C=O) groups excluding carboxylic acids is 1. The molecule has 4 rings (SSSR count). The molecule has 3 aromatic rings. The number of rotatable bonds is 5. The molecule has 1 aliphatic carbocycles. The second-order valence-electron chi connectivity index (χ2n) is 6.04. The molecule has 1 aliphatic rings. The minimum Gasteiger partial charge on any atom is -0.306 e. The Bertz CT molecular complexity index is 859. The van der Waals surface area contributed by atoms with Crippen molar-refractivity contribution in [2.75, 3.05) is 5.32 Å². The third-order valence-electron chi connectivity index (χ3n) is 4.34. The van der Waals surface area contributed by atoms with E-state index in [2.05, 4.69) is 43.1 Å². The zero-order valence-corrected chi connectivity index (χ0v) is 13.3. The van der Waals surface area contributed by atoms with Crippen LogP contribution in [0.2, 0.25) is 0 Å². The van der Waals surface area contributed by atoms with Crippen LogP contribution in [0.1, 0.15) is 41.7 Å². The molecule has 2 N–H and O–H groups in total. The zero-order valence-electron chi connectivity index (χ0n) is 13.3. The average molecular weight is 327 g/mol. The first kappa shape index (κ1) is 14.5. The minimum absolute atomic E-state index is 0.261. The summed E-state index contributed by atoms with van der Waals surface area (Å²) in [6.45, 7) is 4.06. The van der Waals surface area contributed by atoms with Crippen LogP contribution in [0.15, 0.2) is 18.7 Å². The topological polar surface area (TPSA) is 119 Å². The summed E-state index contributed by atoms with van der Waals surface area (Å²) >= 11 is 0. The first-order valence-corrected chi connectivity index (χ1v) is 7.77. The van der Waals surface area contributed by atoms with E-state index in [1.54, 1.807) is 6.20 Å². The smallest absolute Gasteiger partial charge is 0.262 e. The summed E-state index contributed by atoms with van der Waals surface area (Å²) in [6.07, 6.45) is 7.03. The van der Waals surface area contributed by atoms with Crippen molar-refractivity contribution in [3.8, 4) is 5.82 Å². The van der Waals surface area contributed by atoms with E-state index in [9.17, 15) is 4.79 Å². The number of anilines is 1. The monoisotopic (exact) mass is 327 g/mol. The molecule has 3 aromatic heterocycles. The van der Waals surface area contributed by atoms with E-state index in [0.29, 0.717) is 23.1 Å². The van der Waals surface area contributed by atoms with Gasteiger partial charge in [0.1, 0.15) is 17.7 Å². The fourth-order valence-corrected chi connectivity index (χ4v) is 2.75. The summed E-state index contributed by atoms with van der Waals surface area (Å²) in [5.74, 6) is 1.47. The Kier molecular flexibility index (Phi) is 3.36. The number of nitrogens with zero attached hydrogens (tertiary/aromatic N) is 7. The highest BCUT2D eigenvalue weighted by atomic mass is 16.1. The van der Waals surface area contributed by atoms with E-state index in [1.807, 2.05) is 11.6 Å². The fourth-order valence-electron chi connectivity index (χ4n) is 2.75. The lowest BCUT2D eigenvalue weighted by Gasteiger charge is -2.16. The molecule has 24 heavy (non-hydrogen) atoms. The Balaban J connectivity index is 1.62. The quantitative estimate of drug-likeness (QED) is 0.724. The van der Waals surface area contributed by atoms with Gasteiger partial charge in [0.05, 0.1) is 18.4 Å². The van der Waals surface area contributed by atoms with Gasteiger partial charge in [-0.3, -0.25) is 9.89 Å². The van der Waals surface area contributed by atoms with Gasteiger partial charge in [-0.15, -0.1) is 5.10 Å². The van der Waals surface area contributed by atoms with Crippen molar-refractivity contribution in [3.63, 3.8) is 0 Å². The standard InChI is InChI=1S/C14H17N9O/c1-8-5-17-23(9(2)10-3-4-10)12(8)18-14(24)11-6-15-19-13(11)22-7-16-20-21-22/h5-7,9-10H,3-4H2,1-2H3,(H,15,19)(H,18,24)/t9-/m0/s1. The lowest BCUT2D eigenvalue weighted by Crippen LogP contribution is -2.20. The molecule has 124 valence electrons. The van der Waals surface area contributed by atoms with Crippen LogP contribution >= 0.6 is 0 Å². The summed E-state index contributed by atoms with van der Waals surface area (Å²) in [5, 5.41) is 25.0. The Hall–Kier alpha value is -3.04. The molecule has 0 aromatic carbocycles. The van der Waals surface area contributed by atoms with Crippen molar-refractivity contribution in [2.45, 2.75) is 32.7 Å². The van der Waals surface area contributed by atoms with Crippen molar-refractivity contribution >= 4 is 11.7 Å². The average Bonchev–Trinajstić information content (AvgIpc) is 2.98. The van der Waals surface area contributed by atoms with Gasteiger partial charge in [0, 0.05) is 5.56 Å². The van der Waals surface area contributed by atoms with Crippen LogP contribution in [0, 0.1) is 12.8 Å². The van der Waals surface area contributed by atoms with Gasteiger partial charge in [-0.1, -0.05) is 0 Å². The summed E-state index contributed by atoms with van der Waals surface area (Å²) in [5.41, 5.74) is 1.27. The highest BCUT2D eigenvalue weighted by Gasteiger charge is 2.31. The number of aryl methyl sites for hydroxylation is 1. The van der Waals surface area contributed by atoms with E-state index in [1.165, 1.54) is 30.0 Å². The Morgan fingerprint density at radius 3 is 2.96 bits per heavy atom. The lowest BCUT2D eigenvalue weighted by molar-refractivity contribution is 0.102. The van der Waals surface area contributed by atoms with Crippen LogP contribution < -0.4 is 5.32 Å². The van der Waals surface area contributed by atoms with Gasteiger partial charge in [-0.25, -0.2) is 4.68 Å². The maximum Gasteiger partial charge on any atom is 0.262 e. The summed E-state index contributed by atoms with van der Waals surface area (Å²) in [6, 6.07) is 0.261. The van der Waals surface area contributed by atoms with Gasteiger partial charge in [0.2, 0.25) is 0 Å². The molecule has 1 fully saturated rings. The Morgan fingerprint density at radius 2 is 2.25 bits per heavy atom. The summed E-state index contributed by atoms with van der Waals surface area (Å²) in [4.78, 5) is 12.7. The van der Waals surface area contributed by atoms with Crippen LogP contribution in [0.5, 0.6) is 0 Å². The molecular weight excluding hydrogens is 310 g/mol. The number of tetrazole rings is 1. The van der Waals surface area contributed by atoms with Crippen LogP contribution in [-0.2, 0) is 0 Å². The number of hydrogen-bond donors (Lipinski definition) is 2. The predicted octanol–water partition coefficient (Wildman–Crippen LogP) is 1.11. The molecule has 10 nitrogen and oxygen atoms in total. The van der Waals surface area contributed by atoms with Gasteiger partial charge in [-0.2, -0.15) is 14.9 Å². The number of aromatic nitrogens is 8. The first-order chi connectivity index (χ1) is 11.6. The molecule has 0 radical (unpaired) electrons. The number of nitrogens with one attached hydrogen (secondary N) is 2. The predicted molar refractivity (Wildman–Crippen MR) is 83.7 cm³/mol. The number of aromatic amines is 1. The zero-order chi connectivity index (χ0) is 16.7. The highest BCUT2D eigenvalue weighted by Crippen LogP contribution is 2.40. The van der Waals surface area contributed by atoms with Crippen molar-refractivity contribution < 1.29 is 4.79 Å². The van der Waals surface area contributed by atoms with Crippen molar-refractivity contribution in [1.82, 2.24) is 40.2 Å². The second kappa shape index (κ2) is 5.55. The number of hydrogen-bond acceptors (Lipinski definition) is 6. The van der Waals surface area contributed by atoms with Gasteiger partial charge < -0.3 is 5.32 Å². The number of H-pyrrole nitrogens is 1. The minimum atomic E-state index is -0.290. The van der Waals surface area contributed by atoms with Gasteiger partial charge in [0.25, 0.3) is 5.91 Å². The maximum atomic E-state index is 12.7. The summed E-state index contributed by atoms with van der Waals surface area (Å²) in [7, 11) is 0. The molecule has 1 saturated carbocycles. The molecule has 0 saturated heterocycles. The normalized spacial score (nSPS) is 15.4. The van der Waals surface area contributed by atoms with Gasteiger partial charge >= 0.3 is 0 Å². The van der Waals surface area contributed by atoms with E-state index in [0.717, 1.165) is 5.56 Å². The van der Waals surface area contributed by atoms with Crippen molar-refractivity contribution in [2.24, 2.45) is 5.92 Å². The molecule has 1 atom stereocenters. The fraction of sp³-hybridized carbons (Fsp3) is 0.429. The van der Waals surface area contributed by atoms with E-state index in [-0.39, 0.29) is 11.9 Å². The number of carbonyl (C=O) groups is 1. The lowest BCUT2D eigenvalue weighted by atomic mass is 10.2. The third-order valence-corrected chi connectivity index (χ3v) is 4.34. The van der Waals surface area contributed by atoms with Crippen LogP contribution in [0.25, 0.3) is 5.82 Å². The first-order valence-electron chi connectivity index (χ1n) is 7.77. The molecule has 10 heteroatoms. The molecule has 0 spiro atoms. The van der Waals surface area contributed by atoms with Crippen LogP contribution in [-0.4, -0.2) is 46.1 Å². The van der Waals surface area contributed by atoms with E-state index >= 15 is 0 Å². The Morgan fingerprint density at radius 1 is 1.42 bits per heavy atom. The van der Waals surface area contributed by atoms with Gasteiger partial charge in [-0.05, 0) is 43.0 Å². The Labute approximate surface area is 137 Å². The third kappa shape index (κ3) is 2.45. The molecular formula is C14H17N9O. The van der Waals surface area contributed by atoms with Crippen LogP contribution in [0.3, 0.4) is 0 Å². The van der Waals surface area contributed by atoms with Crippen molar-refractivity contribution in [3.05, 3.63) is 29.8 Å². The van der Waals surface area contributed by atoms with E-state index in [4.69, 9.17) is 0 Å². The molecule has 3 heterocycles. The molecule has 0 unspecified atom stereocenters. The van der Waals surface area contributed by atoms with Gasteiger partial charge in [0.15, 0.2) is 5.82 Å². The maximum absolute atomic E-state index is 12.7. The SMILES string of the molecule is Cc1cnn([C@@H](C)C2CC2)c1NC(=O)c1cn[nH]c1-n1cnnn1. The van der Waals surface area contributed by atoms with Crippen molar-refractivity contribution in [1.29, 1.82) is 0 Å². The van der Waals surface area contributed by atoms with Crippen LogP contribution in [0.4, 0.5) is 5.82 Å². The number of amides is 1. The molecule has 1 amide bonds. The summed E-state index contributed by atoms with van der Waals surface area (Å²) < 4.78 is 3.25. The molecule has 0 aliphatic heterocycles.